The number of hydrogen-bond donors (Lipinski definition) is 1. The Kier molecular flexibility index (Phi) is 1.44. The fourth-order valence-electron chi connectivity index (χ4n) is 1.16. The molecule has 2 heterocycles. The molecule has 0 bridgehead atoms. The lowest BCUT2D eigenvalue weighted by Gasteiger charge is -1.97. The van der Waals surface area contributed by atoms with E-state index in [1.807, 2.05) is 0 Å². The van der Waals surface area contributed by atoms with E-state index in [9.17, 15) is 0 Å². The van der Waals surface area contributed by atoms with Gasteiger partial charge in [-0.15, -0.1) is 0 Å². The molecule has 2 aromatic rings. The Bertz CT molecular complexity index is 434. The molecule has 0 aliphatic rings. The lowest BCUT2D eigenvalue weighted by atomic mass is 10.4. The van der Waals surface area contributed by atoms with Gasteiger partial charge in [0.25, 0.3) is 0 Å². The van der Waals surface area contributed by atoms with E-state index in [4.69, 9.17) is 17.3 Å². The van der Waals surface area contributed by atoms with E-state index < -0.39 is 0 Å². The number of rotatable bonds is 0. The molecule has 12 heavy (non-hydrogen) atoms. The SMILES string of the molecule is Cn1c(Cl)nc2ccnc(N)c21. The summed E-state index contributed by atoms with van der Waals surface area (Å²) in [5.41, 5.74) is 7.19. The number of pyridine rings is 1. The molecule has 62 valence electrons. The molecule has 2 N–H and O–H groups in total. The zero-order chi connectivity index (χ0) is 8.72. The van der Waals surface area contributed by atoms with E-state index in [1.54, 1.807) is 23.9 Å². The second-order valence-corrected chi connectivity index (χ2v) is 2.84. The van der Waals surface area contributed by atoms with E-state index in [1.165, 1.54) is 0 Å². The number of aromatic nitrogens is 3. The summed E-state index contributed by atoms with van der Waals surface area (Å²) in [5, 5.41) is 0.421. The average molecular weight is 183 g/mol. The van der Waals surface area contributed by atoms with Crippen LogP contribution in [-0.2, 0) is 7.05 Å². The van der Waals surface area contributed by atoms with Gasteiger partial charge in [0.15, 0.2) is 0 Å². The monoisotopic (exact) mass is 182 g/mol. The number of fused-ring (bicyclic) bond motifs is 1. The lowest BCUT2D eigenvalue weighted by molar-refractivity contribution is 0.947. The van der Waals surface area contributed by atoms with Gasteiger partial charge in [-0.25, -0.2) is 9.97 Å². The first-order valence-corrected chi connectivity index (χ1v) is 3.80. The van der Waals surface area contributed by atoms with Gasteiger partial charge in [-0.2, -0.15) is 0 Å². The fourth-order valence-corrected chi connectivity index (χ4v) is 1.34. The molecule has 0 saturated heterocycles. The van der Waals surface area contributed by atoms with E-state index in [0.717, 1.165) is 11.0 Å². The van der Waals surface area contributed by atoms with Crippen LogP contribution >= 0.6 is 11.6 Å². The largest absolute Gasteiger partial charge is 0.382 e. The molecule has 2 aromatic heterocycles. The fraction of sp³-hybridized carbons (Fsp3) is 0.143. The third kappa shape index (κ3) is 0.848. The summed E-state index contributed by atoms with van der Waals surface area (Å²) in [7, 11) is 1.80. The van der Waals surface area contributed by atoms with Crippen LogP contribution < -0.4 is 5.73 Å². The molecule has 0 aromatic carbocycles. The summed E-state index contributed by atoms with van der Waals surface area (Å²) in [5.74, 6) is 0.453. The van der Waals surface area contributed by atoms with Crippen molar-refractivity contribution in [3.63, 3.8) is 0 Å². The van der Waals surface area contributed by atoms with Gasteiger partial charge in [0.1, 0.15) is 11.3 Å². The minimum atomic E-state index is 0.421. The Morgan fingerprint density at radius 3 is 3.00 bits per heavy atom. The Balaban J connectivity index is 2.97. The van der Waals surface area contributed by atoms with Crippen LogP contribution in [0.2, 0.25) is 5.28 Å². The molecule has 0 radical (unpaired) electrons. The third-order valence-electron chi connectivity index (χ3n) is 1.76. The molecule has 0 fully saturated rings. The summed E-state index contributed by atoms with van der Waals surface area (Å²) in [4.78, 5) is 8.02. The average Bonchev–Trinajstić information content (AvgIpc) is 2.29. The van der Waals surface area contributed by atoms with Crippen LogP contribution in [0.4, 0.5) is 5.82 Å². The van der Waals surface area contributed by atoms with Crippen molar-refractivity contribution in [2.24, 2.45) is 7.05 Å². The van der Waals surface area contributed by atoms with Crippen LogP contribution in [-0.4, -0.2) is 14.5 Å². The molecule has 0 saturated carbocycles. The van der Waals surface area contributed by atoms with Crippen molar-refractivity contribution in [3.8, 4) is 0 Å². The first-order valence-electron chi connectivity index (χ1n) is 3.42. The van der Waals surface area contributed by atoms with Gasteiger partial charge in [-0.1, -0.05) is 0 Å². The zero-order valence-corrected chi connectivity index (χ0v) is 7.21. The predicted octanol–water partition coefficient (Wildman–Crippen LogP) is 1.20. The van der Waals surface area contributed by atoms with Crippen LogP contribution in [0.5, 0.6) is 0 Å². The van der Waals surface area contributed by atoms with Crippen LogP contribution in [0.1, 0.15) is 0 Å². The Morgan fingerprint density at radius 1 is 1.58 bits per heavy atom. The standard InChI is InChI=1S/C7H7ClN4/c1-12-5-4(11-7(12)8)2-3-10-6(5)9/h2-3H,1H3,(H2,9,10). The minimum Gasteiger partial charge on any atom is -0.382 e. The number of anilines is 1. The number of nitrogens with two attached hydrogens (primary N) is 1. The normalized spacial score (nSPS) is 10.8. The first-order chi connectivity index (χ1) is 5.70. The van der Waals surface area contributed by atoms with Crippen molar-refractivity contribution >= 4 is 28.5 Å². The van der Waals surface area contributed by atoms with Crippen LogP contribution in [0.3, 0.4) is 0 Å². The Hall–Kier alpha value is -1.29. The quantitative estimate of drug-likeness (QED) is 0.666. The van der Waals surface area contributed by atoms with Crippen LogP contribution in [0.15, 0.2) is 12.3 Å². The van der Waals surface area contributed by atoms with Gasteiger partial charge >= 0.3 is 0 Å². The summed E-state index contributed by atoms with van der Waals surface area (Å²) in [6.45, 7) is 0. The van der Waals surface area contributed by atoms with Crippen molar-refractivity contribution in [1.29, 1.82) is 0 Å². The van der Waals surface area contributed by atoms with Gasteiger partial charge < -0.3 is 10.3 Å². The van der Waals surface area contributed by atoms with Crippen molar-refractivity contribution in [2.75, 3.05) is 5.73 Å². The number of nitrogens with zero attached hydrogens (tertiary/aromatic N) is 3. The van der Waals surface area contributed by atoms with E-state index >= 15 is 0 Å². The highest BCUT2D eigenvalue weighted by Gasteiger charge is 2.07. The third-order valence-corrected chi connectivity index (χ3v) is 2.09. The van der Waals surface area contributed by atoms with Crippen molar-refractivity contribution in [2.45, 2.75) is 0 Å². The molecule has 0 aliphatic heterocycles. The molecule has 4 nitrogen and oxygen atoms in total. The van der Waals surface area contributed by atoms with Crippen LogP contribution in [0.25, 0.3) is 11.0 Å². The molecule has 0 spiro atoms. The summed E-state index contributed by atoms with van der Waals surface area (Å²) < 4.78 is 1.71. The van der Waals surface area contributed by atoms with E-state index in [2.05, 4.69) is 9.97 Å². The Labute approximate surface area is 74.0 Å². The summed E-state index contributed by atoms with van der Waals surface area (Å²) in [6.07, 6.45) is 1.61. The molecule has 2 rings (SSSR count). The second kappa shape index (κ2) is 2.35. The molecule has 0 amide bonds. The Morgan fingerprint density at radius 2 is 2.33 bits per heavy atom. The summed E-state index contributed by atoms with van der Waals surface area (Å²) in [6, 6.07) is 1.78. The van der Waals surface area contributed by atoms with E-state index in [0.29, 0.717) is 11.1 Å². The maximum atomic E-state index is 5.79. The first kappa shape index (κ1) is 7.36. The number of imidazole rings is 1. The van der Waals surface area contributed by atoms with Crippen LogP contribution in [0, 0.1) is 0 Å². The molecule has 5 heteroatoms. The predicted molar refractivity (Wildman–Crippen MR) is 47.9 cm³/mol. The van der Waals surface area contributed by atoms with Gasteiger partial charge in [0, 0.05) is 13.2 Å². The maximum Gasteiger partial charge on any atom is 0.203 e. The highest BCUT2D eigenvalue weighted by molar-refractivity contribution is 6.29. The number of hydrogen-bond acceptors (Lipinski definition) is 3. The smallest absolute Gasteiger partial charge is 0.203 e. The number of halogens is 1. The topological polar surface area (TPSA) is 56.7 Å². The van der Waals surface area contributed by atoms with Gasteiger partial charge in [0.2, 0.25) is 5.28 Å². The van der Waals surface area contributed by atoms with E-state index in [-0.39, 0.29) is 0 Å². The molecule has 0 aliphatic carbocycles. The zero-order valence-electron chi connectivity index (χ0n) is 6.45. The molecular weight excluding hydrogens is 176 g/mol. The van der Waals surface area contributed by atoms with Gasteiger partial charge in [0.05, 0.1) is 5.52 Å². The van der Waals surface area contributed by atoms with Crippen molar-refractivity contribution in [1.82, 2.24) is 14.5 Å². The molecular formula is C7H7ClN4. The van der Waals surface area contributed by atoms with Crippen molar-refractivity contribution in [3.05, 3.63) is 17.5 Å². The minimum absolute atomic E-state index is 0.421. The van der Waals surface area contributed by atoms with Gasteiger partial charge in [-0.05, 0) is 17.7 Å². The lowest BCUT2D eigenvalue weighted by Crippen LogP contribution is -1.95. The van der Waals surface area contributed by atoms with Gasteiger partial charge in [-0.3, -0.25) is 0 Å². The number of nitrogen functional groups attached to an aromatic ring is 1. The van der Waals surface area contributed by atoms with Crippen molar-refractivity contribution < 1.29 is 0 Å². The highest BCUT2D eigenvalue weighted by Crippen LogP contribution is 2.21. The maximum absolute atomic E-state index is 5.79. The second-order valence-electron chi connectivity index (χ2n) is 2.50. The number of aryl methyl sites for hydroxylation is 1. The highest BCUT2D eigenvalue weighted by atomic mass is 35.5. The molecule has 0 unspecified atom stereocenters. The molecule has 0 atom stereocenters. The summed E-state index contributed by atoms with van der Waals surface area (Å²) >= 11 is 5.79.